The number of para-hydroxylation sites is 1. The molecule has 0 fully saturated rings. The molecule has 0 radical (unpaired) electrons. The van der Waals surface area contributed by atoms with Crippen molar-refractivity contribution in [3.8, 4) is 22.4 Å². The maximum atomic E-state index is 5.88. The minimum Gasteiger partial charge on any atom is -0.277 e. The largest absolute Gasteiger partial charge is 0.277 e. The Morgan fingerprint density at radius 3 is 1.83 bits per heavy atom. The van der Waals surface area contributed by atoms with Gasteiger partial charge in [0, 0.05) is 42.6 Å². The SMILES string of the molecule is CC1(C)c2ccccc2-c2ccc(-c3nc(N4c5ccccc5C(C)(C)c5c4c4sc6ccccc6c4c4ccccc54)nc4c5ccccc5c5ccccc5c34)cc21. The van der Waals surface area contributed by atoms with Gasteiger partial charge in [0.25, 0.3) is 0 Å². The second kappa shape index (κ2) is 11.9. The number of anilines is 3. The minimum absolute atomic E-state index is 0.160. The van der Waals surface area contributed by atoms with E-state index in [-0.39, 0.29) is 10.8 Å². The Morgan fingerprint density at radius 2 is 1.05 bits per heavy atom. The number of hydrogen-bond acceptors (Lipinski definition) is 4. The molecule has 9 aromatic carbocycles. The van der Waals surface area contributed by atoms with Crippen LogP contribution >= 0.6 is 11.3 Å². The Balaban J connectivity index is 1.21. The van der Waals surface area contributed by atoms with Crippen LogP contribution in [0.25, 0.3) is 85.8 Å². The van der Waals surface area contributed by atoms with Crippen LogP contribution in [0.3, 0.4) is 0 Å². The molecule has 0 saturated heterocycles. The molecular formula is C56H39N3S. The Hall–Kier alpha value is -6.88. The topological polar surface area (TPSA) is 29.0 Å². The Kier molecular flexibility index (Phi) is 6.73. The molecule has 0 bridgehead atoms. The monoisotopic (exact) mass is 785 g/mol. The lowest BCUT2D eigenvalue weighted by molar-refractivity contribution is 0.638. The highest BCUT2D eigenvalue weighted by atomic mass is 32.1. The average molecular weight is 786 g/mol. The summed E-state index contributed by atoms with van der Waals surface area (Å²) in [7, 11) is 0. The standard InChI is InChI=1S/C56H39N3S/c1-55(2)42-25-13-11-19-35(42)36-30-29-32(31-44(36)55)50-48-37-20-7-5-17-33(37)34-18-6-10-23-40(34)51(48)58-54(57-50)59-45-27-15-14-26-43(45)56(3,4)49-39-22-9-8-21-38(39)47-41-24-12-16-28-46(41)60-53(47)52(49)59/h5-31H,1-4H3. The summed E-state index contributed by atoms with van der Waals surface area (Å²) in [4.78, 5) is 14.1. The predicted molar refractivity (Wildman–Crippen MR) is 255 cm³/mol. The highest BCUT2D eigenvalue weighted by Gasteiger charge is 2.42. The van der Waals surface area contributed by atoms with Crippen LogP contribution in [0.2, 0.25) is 0 Å². The maximum Gasteiger partial charge on any atom is 0.235 e. The number of rotatable bonds is 2. The fourth-order valence-electron chi connectivity index (χ4n) is 11.1. The molecule has 1 aliphatic carbocycles. The zero-order valence-electron chi connectivity index (χ0n) is 33.8. The third-order valence-electron chi connectivity index (χ3n) is 13.8. The quantitative estimate of drug-likeness (QED) is 0.163. The number of benzene rings is 9. The first-order valence-corrected chi connectivity index (χ1v) is 21.7. The summed E-state index contributed by atoms with van der Waals surface area (Å²) >= 11 is 1.88. The van der Waals surface area contributed by atoms with Gasteiger partial charge < -0.3 is 0 Å². The highest BCUT2D eigenvalue weighted by Crippen LogP contribution is 2.59. The van der Waals surface area contributed by atoms with Gasteiger partial charge in [-0.3, -0.25) is 4.90 Å². The van der Waals surface area contributed by atoms with Gasteiger partial charge in [0.1, 0.15) is 0 Å². The van der Waals surface area contributed by atoms with Crippen LogP contribution in [0.4, 0.5) is 17.3 Å². The van der Waals surface area contributed by atoms with E-state index in [0.717, 1.165) is 38.6 Å². The van der Waals surface area contributed by atoms with Crippen LogP contribution < -0.4 is 4.90 Å². The van der Waals surface area contributed by atoms with Crippen LogP contribution in [0.1, 0.15) is 49.9 Å². The number of nitrogens with zero attached hydrogens (tertiary/aromatic N) is 3. The summed E-state index contributed by atoms with van der Waals surface area (Å²) in [6.45, 7) is 9.50. The molecule has 0 N–H and O–H groups in total. The van der Waals surface area contributed by atoms with Crippen molar-refractivity contribution in [2.45, 2.75) is 38.5 Å². The fourth-order valence-corrected chi connectivity index (χ4v) is 12.3. The summed E-state index contributed by atoms with van der Waals surface area (Å²) < 4.78 is 2.54. The van der Waals surface area contributed by atoms with Crippen molar-refractivity contribution in [3.63, 3.8) is 0 Å². The van der Waals surface area contributed by atoms with E-state index in [9.17, 15) is 0 Å². The van der Waals surface area contributed by atoms with Gasteiger partial charge in [-0.2, -0.15) is 0 Å². The molecule has 2 aliphatic rings. The molecule has 0 spiro atoms. The lowest BCUT2D eigenvalue weighted by atomic mass is 9.71. The van der Waals surface area contributed by atoms with Gasteiger partial charge in [-0.1, -0.05) is 173 Å². The van der Waals surface area contributed by atoms with Gasteiger partial charge >= 0.3 is 0 Å². The maximum absolute atomic E-state index is 5.88. The van der Waals surface area contributed by atoms with Gasteiger partial charge in [0.2, 0.25) is 5.95 Å². The van der Waals surface area contributed by atoms with Crippen LogP contribution in [0, 0.1) is 0 Å². The lowest BCUT2D eigenvalue weighted by Gasteiger charge is -2.42. The normalized spacial score (nSPS) is 14.9. The molecule has 1 aliphatic heterocycles. The second-order valence-electron chi connectivity index (χ2n) is 17.7. The van der Waals surface area contributed by atoms with Gasteiger partial charge in [-0.05, 0) is 78.5 Å². The third kappa shape index (κ3) is 4.33. The van der Waals surface area contributed by atoms with Crippen molar-refractivity contribution in [1.82, 2.24) is 9.97 Å². The lowest BCUT2D eigenvalue weighted by Crippen LogP contribution is -2.31. The van der Waals surface area contributed by atoms with E-state index in [1.54, 1.807) is 0 Å². The average Bonchev–Trinajstić information content (AvgIpc) is 3.79. The summed E-state index contributed by atoms with van der Waals surface area (Å²) in [5.41, 5.74) is 12.7. The predicted octanol–water partition coefficient (Wildman–Crippen LogP) is 15.5. The molecule has 0 amide bonds. The molecule has 0 atom stereocenters. The van der Waals surface area contributed by atoms with E-state index in [0.29, 0.717) is 5.95 Å². The third-order valence-corrected chi connectivity index (χ3v) is 15.0. The van der Waals surface area contributed by atoms with E-state index < -0.39 is 0 Å². The van der Waals surface area contributed by atoms with Crippen molar-refractivity contribution in [2.24, 2.45) is 0 Å². The van der Waals surface area contributed by atoms with Crippen molar-refractivity contribution in [1.29, 1.82) is 0 Å². The molecule has 0 unspecified atom stereocenters. The van der Waals surface area contributed by atoms with Gasteiger partial charge in [-0.15, -0.1) is 11.3 Å². The molecule has 3 heterocycles. The number of aromatic nitrogens is 2. The molecule has 60 heavy (non-hydrogen) atoms. The summed E-state index contributed by atoms with van der Waals surface area (Å²) in [5, 5.41) is 10.9. The van der Waals surface area contributed by atoms with Crippen molar-refractivity contribution in [3.05, 3.63) is 186 Å². The summed E-state index contributed by atoms with van der Waals surface area (Å²) in [6, 6.07) is 60.3. The van der Waals surface area contributed by atoms with Crippen LogP contribution in [0.15, 0.2) is 164 Å². The van der Waals surface area contributed by atoms with E-state index in [4.69, 9.17) is 9.97 Å². The molecule has 4 heteroatoms. The van der Waals surface area contributed by atoms with E-state index >= 15 is 0 Å². The first-order chi connectivity index (χ1) is 29.3. The molecule has 3 nitrogen and oxygen atoms in total. The molecule has 0 saturated carbocycles. The van der Waals surface area contributed by atoms with Gasteiger partial charge in [0.05, 0.1) is 27.3 Å². The van der Waals surface area contributed by atoms with Gasteiger partial charge in [0.15, 0.2) is 0 Å². The molecule has 284 valence electrons. The second-order valence-corrected chi connectivity index (χ2v) is 18.7. The fraction of sp³-hybridized carbons (Fsp3) is 0.107. The van der Waals surface area contributed by atoms with Crippen molar-refractivity contribution in [2.75, 3.05) is 4.90 Å². The van der Waals surface area contributed by atoms with Crippen molar-refractivity contribution >= 4 is 92.1 Å². The summed E-state index contributed by atoms with van der Waals surface area (Å²) in [5.74, 6) is 0.680. The minimum atomic E-state index is -0.310. The Labute approximate surface area is 352 Å². The Bertz CT molecular complexity index is 3680. The van der Waals surface area contributed by atoms with Crippen LogP contribution in [-0.2, 0) is 10.8 Å². The molecule has 13 rings (SSSR count). The van der Waals surface area contributed by atoms with E-state index in [1.807, 2.05) is 11.3 Å². The molecular weight excluding hydrogens is 747 g/mol. The first-order valence-electron chi connectivity index (χ1n) is 20.9. The highest BCUT2D eigenvalue weighted by molar-refractivity contribution is 7.26. The molecule has 2 aromatic heterocycles. The zero-order valence-corrected chi connectivity index (χ0v) is 34.7. The van der Waals surface area contributed by atoms with Crippen LogP contribution in [0.5, 0.6) is 0 Å². The van der Waals surface area contributed by atoms with Crippen molar-refractivity contribution < 1.29 is 0 Å². The number of hydrogen-bond donors (Lipinski definition) is 0. The summed E-state index contributed by atoms with van der Waals surface area (Å²) in [6.07, 6.45) is 0. The zero-order chi connectivity index (χ0) is 40.1. The van der Waals surface area contributed by atoms with E-state index in [1.165, 1.54) is 80.8 Å². The molecule has 11 aromatic rings. The Morgan fingerprint density at radius 1 is 0.467 bits per heavy atom. The number of thiophene rings is 1. The van der Waals surface area contributed by atoms with Gasteiger partial charge in [-0.25, -0.2) is 9.97 Å². The van der Waals surface area contributed by atoms with E-state index in [2.05, 4.69) is 196 Å². The van der Waals surface area contributed by atoms with Crippen LogP contribution in [-0.4, -0.2) is 9.97 Å². The number of fused-ring (bicyclic) bond motifs is 18. The smallest absolute Gasteiger partial charge is 0.235 e. The first kappa shape index (κ1) is 34.0.